The van der Waals surface area contributed by atoms with Crippen LogP contribution in [0.5, 0.6) is 0 Å². The van der Waals surface area contributed by atoms with Gasteiger partial charge in [0.25, 0.3) is 0 Å². The Hall–Kier alpha value is -1.36. The number of aromatic nitrogens is 2. The minimum atomic E-state index is -0.0295. The van der Waals surface area contributed by atoms with E-state index in [1.165, 1.54) is 0 Å². The fraction of sp³-hybridized carbons (Fsp3) is 0.667. The summed E-state index contributed by atoms with van der Waals surface area (Å²) in [6.07, 6.45) is 7.63. The number of H-pyrrole nitrogens is 1. The fourth-order valence-corrected chi connectivity index (χ4v) is 2.39. The zero-order valence-electron chi connectivity index (χ0n) is 10.1. The van der Waals surface area contributed by atoms with Gasteiger partial charge in [0.15, 0.2) is 0 Å². The smallest absolute Gasteiger partial charge is 0.225 e. The van der Waals surface area contributed by atoms with Crippen molar-refractivity contribution < 1.29 is 4.79 Å². The van der Waals surface area contributed by atoms with E-state index >= 15 is 0 Å². The zero-order chi connectivity index (χ0) is 12.3. The first-order valence-electron chi connectivity index (χ1n) is 6.23. The second kappa shape index (κ2) is 5.31. The molecule has 1 fully saturated rings. The van der Waals surface area contributed by atoms with E-state index in [2.05, 4.69) is 15.5 Å². The molecule has 0 bridgehead atoms. The van der Waals surface area contributed by atoms with Gasteiger partial charge in [-0.1, -0.05) is 12.8 Å². The van der Waals surface area contributed by atoms with Crippen molar-refractivity contribution in [3.05, 3.63) is 18.0 Å². The highest BCUT2D eigenvalue weighted by atomic mass is 16.2. The van der Waals surface area contributed by atoms with Gasteiger partial charge in [-0.2, -0.15) is 5.10 Å². The van der Waals surface area contributed by atoms with Crippen LogP contribution < -0.4 is 11.1 Å². The molecule has 4 N–H and O–H groups in total. The van der Waals surface area contributed by atoms with Crippen molar-refractivity contribution in [2.45, 2.75) is 44.7 Å². The van der Waals surface area contributed by atoms with Gasteiger partial charge in [0.2, 0.25) is 5.91 Å². The van der Waals surface area contributed by atoms with Gasteiger partial charge in [-0.25, -0.2) is 0 Å². The second-order valence-electron chi connectivity index (χ2n) is 4.82. The fourth-order valence-electron chi connectivity index (χ4n) is 2.39. The number of nitrogens with two attached hydrogens (primary N) is 1. The number of hydrogen-bond donors (Lipinski definition) is 3. The van der Waals surface area contributed by atoms with Gasteiger partial charge in [0, 0.05) is 17.8 Å². The Kier molecular flexibility index (Phi) is 3.78. The lowest BCUT2D eigenvalue weighted by molar-refractivity contribution is -0.127. The topological polar surface area (TPSA) is 83.8 Å². The molecule has 0 spiro atoms. The molecule has 1 aliphatic carbocycles. The normalized spacial score (nSPS) is 26.5. The number of carbonyl (C=O) groups excluding carboxylic acids is 1. The van der Waals surface area contributed by atoms with Gasteiger partial charge in [-0.15, -0.1) is 0 Å². The SMILES string of the molecule is CC(NC(=O)C1CCCCC1N)c1cn[nH]c1. The molecule has 3 atom stereocenters. The zero-order valence-corrected chi connectivity index (χ0v) is 10.1. The molecule has 2 rings (SSSR count). The van der Waals surface area contributed by atoms with E-state index in [0.29, 0.717) is 0 Å². The van der Waals surface area contributed by atoms with Crippen molar-refractivity contribution in [1.82, 2.24) is 15.5 Å². The number of rotatable bonds is 3. The predicted octanol–water partition coefficient (Wildman–Crippen LogP) is 1.10. The van der Waals surface area contributed by atoms with Gasteiger partial charge < -0.3 is 11.1 Å². The molecule has 1 aliphatic rings. The molecule has 5 nitrogen and oxygen atoms in total. The van der Waals surface area contributed by atoms with Gasteiger partial charge in [0.1, 0.15) is 0 Å². The Balaban J connectivity index is 1.92. The van der Waals surface area contributed by atoms with Crippen LogP contribution in [0.4, 0.5) is 0 Å². The lowest BCUT2D eigenvalue weighted by Gasteiger charge is -2.28. The molecule has 0 aliphatic heterocycles. The summed E-state index contributed by atoms with van der Waals surface area (Å²) in [4.78, 5) is 12.1. The average molecular weight is 236 g/mol. The lowest BCUT2D eigenvalue weighted by atomic mass is 9.84. The number of hydrogen-bond acceptors (Lipinski definition) is 3. The van der Waals surface area contributed by atoms with Gasteiger partial charge in [0.05, 0.1) is 18.2 Å². The minimum Gasteiger partial charge on any atom is -0.349 e. The lowest BCUT2D eigenvalue weighted by Crippen LogP contribution is -2.44. The summed E-state index contributed by atoms with van der Waals surface area (Å²) in [6.45, 7) is 1.96. The third kappa shape index (κ3) is 2.85. The van der Waals surface area contributed by atoms with Crippen molar-refractivity contribution in [3.63, 3.8) is 0 Å². The van der Waals surface area contributed by atoms with Crippen molar-refractivity contribution in [1.29, 1.82) is 0 Å². The van der Waals surface area contributed by atoms with Crippen LogP contribution in [0.15, 0.2) is 12.4 Å². The minimum absolute atomic E-state index is 0.0142. The molecule has 0 aromatic carbocycles. The first kappa shape index (κ1) is 12.1. The summed E-state index contributed by atoms with van der Waals surface area (Å²) in [6, 6.07) is -0.00400. The molecular weight excluding hydrogens is 216 g/mol. The monoisotopic (exact) mass is 236 g/mol. The van der Waals surface area contributed by atoms with Crippen LogP contribution in [0.25, 0.3) is 0 Å². The summed E-state index contributed by atoms with van der Waals surface area (Å²) in [5, 5.41) is 9.63. The number of nitrogens with zero attached hydrogens (tertiary/aromatic N) is 1. The Bertz CT molecular complexity index is 363. The highest BCUT2D eigenvalue weighted by Crippen LogP contribution is 2.24. The van der Waals surface area contributed by atoms with Crippen LogP contribution in [-0.4, -0.2) is 22.1 Å². The van der Waals surface area contributed by atoms with Gasteiger partial charge >= 0.3 is 0 Å². The standard InChI is InChI=1S/C12H20N4O/c1-8(9-6-14-15-7-9)16-12(17)10-4-2-3-5-11(10)13/h6-8,10-11H,2-5,13H2,1H3,(H,14,15)(H,16,17). The molecule has 5 heteroatoms. The highest BCUT2D eigenvalue weighted by Gasteiger charge is 2.29. The highest BCUT2D eigenvalue weighted by molar-refractivity contribution is 5.79. The Morgan fingerprint density at radius 3 is 3.00 bits per heavy atom. The second-order valence-corrected chi connectivity index (χ2v) is 4.82. The van der Waals surface area contributed by atoms with Crippen molar-refractivity contribution in [3.8, 4) is 0 Å². The third-order valence-electron chi connectivity index (χ3n) is 3.53. The molecule has 1 heterocycles. The average Bonchev–Trinajstić information content (AvgIpc) is 2.82. The summed E-state index contributed by atoms with van der Waals surface area (Å²) < 4.78 is 0. The quantitative estimate of drug-likeness (QED) is 0.735. The molecular formula is C12H20N4O. The molecule has 1 aromatic rings. The number of amides is 1. The number of nitrogens with one attached hydrogen (secondary N) is 2. The number of carbonyl (C=O) groups is 1. The number of aromatic amines is 1. The van der Waals surface area contributed by atoms with Gasteiger partial charge in [-0.05, 0) is 19.8 Å². The molecule has 1 amide bonds. The summed E-state index contributed by atoms with van der Waals surface area (Å²) >= 11 is 0. The van der Waals surface area contributed by atoms with E-state index in [-0.39, 0.29) is 23.9 Å². The van der Waals surface area contributed by atoms with Crippen molar-refractivity contribution in [2.75, 3.05) is 0 Å². The van der Waals surface area contributed by atoms with E-state index in [1.54, 1.807) is 12.4 Å². The summed E-state index contributed by atoms with van der Waals surface area (Å²) in [7, 11) is 0. The first-order valence-corrected chi connectivity index (χ1v) is 6.23. The van der Waals surface area contributed by atoms with E-state index in [4.69, 9.17) is 5.73 Å². The molecule has 1 aromatic heterocycles. The molecule has 0 radical (unpaired) electrons. The van der Waals surface area contributed by atoms with Crippen LogP contribution in [-0.2, 0) is 4.79 Å². The van der Waals surface area contributed by atoms with E-state index in [9.17, 15) is 4.79 Å². The Morgan fingerprint density at radius 1 is 1.59 bits per heavy atom. The predicted molar refractivity (Wildman–Crippen MR) is 65.1 cm³/mol. The van der Waals surface area contributed by atoms with Crippen LogP contribution in [0.1, 0.15) is 44.2 Å². The molecule has 0 saturated heterocycles. The molecule has 94 valence electrons. The molecule has 3 unspecified atom stereocenters. The Labute approximate surface area is 101 Å². The third-order valence-corrected chi connectivity index (χ3v) is 3.53. The largest absolute Gasteiger partial charge is 0.349 e. The van der Waals surface area contributed by atoms with Gasteiger partial charge in [-0.3, -0.25) is 9.89 Å². The van der Waals surface area contributed by atoms with E-state index < -0.39 is 0 Å². The maximum atomic E-state index is 12.1. The summed E-state index contributed by atoms with van der Waals surface area (Å²) in [5.74, 6) is 0.0454. The van der Waals surface area contributed by atoms with Crippen molar-refractivity contribution in [2.24, 2.45) is 11.7 Å². The van der Waals surface area contributed by atoms with Crippen molar-refractivity contribution >= 4 is 5.91 Å². The summed E-state index contributed by atoms with van der Waals surface area (Å²) in [5.41, 5.74) is 6.98. The molecule has 1 saturated carbocycles. The maximum absolute atomic E-state index is 12.1. The van der Waals surface area contributed by atoms with Crippen LogP contribution in [0, 0.1) is 5.92 Å². The first-order chi connectivity index (χ1) is 8.18. The van der Waals surface area contributed by atoms with E-state index in [1.807, 2.05) is 6.92 Å². The molecule has 17 heavy (non-hydrogen) atoms. The van der Waals surface area contributed by atoms with Crippen LogP contribution in [0.2, 0.25) is 0 Å². The van der Waals surface area contributed by atoms with Crippen LogP contribution >= 0.6 is 0 Å². The maximum Gasteiger partial charge on any atom is 0.225 e. The van der Waals surface area contributed by atoms with Crippen LogP contribution in [0.3, 0.4) is 0 Å². The Morgan fingerprint density at radius 2 is 2.35 bits per heavy atom. The van der Waals surface area contributed by atoms with E-state index in [0.717, 1.165) is 31.2 Å².